The number of rotatable bonds is 5. The van der Waals surface area contributed by atoms with Crippen molar-refractivity contribution >= 4 is 11.8 Å². The van der Waals surface area contributed by atoms with Gasteiger partial charge in [0.1, 0.15) is 6.04 Å². The summed E-state index contributed by atoms with van der Waals surface area (Å²) in [6.45, 7) is 3.91. The predicted octanol–water partition coefficient (Wildman–Crippen LogP) is 1.39. The van der Waals surface area contributed by atoms with Gasteiger partial charge in [-0.25, -0.2) is 0 Å². The number of piperazine rings is 1. The number of hydrogen-bond donors (Lipinski definition) is 2. The Morgan fingerprint density at radius 1 is 1.15 bits per heavy atom. The molecule has 2 fully saturated rings. The molecule has 1 aromatic rings. The molecule has 0 aliphatic carbocycles. The molecular formula is C20H29N3O3. The van der Waals surface area contributed by atoms with Crippen molar-refractivity contribution in [3.05, 3.63) is 35.4 Å². The topological polar surface area (TPSA) is 72.9 Å². The third-order valence-electron chi connectivity index (χ3n) is 5.27. The minimum Gasteiger partial charge on any atom is -0.396 e. The summed E-state index contributed by atoms with van der Waals surface area (Å²) >= 11 is 0. The molecule has 2 heterocycles. The third-order valence-corrected chi connectivity index (χ3v) is 5.27. The fourth-order valence-corrected chi connectivity index (χ4v) is 3.89. The molecule has 0 saturated carbocycles. The molecule has 0 unspecified atom stereocenters. The van der Waals surface area contributed by atoms with E-state index in [0.717, 1.165) is 25.2 Å². The van der Waals surface area contributed by atoms with E-state index < -0.39 is 6.04 Å². The van der Waals surface area contributed by atoms with Crippen LogP contribution in [0.25, 0.3) is 0 Å². The van der Waals surface area contributed by atoms with Gasteiger partial charge >= 0.3 is 0 Å². The Morgan fingerprint density at radius 3 is 2.65 bits per heavy atom. The lowest BCUT2D eigenvalue weighted by Crippen LogP contribution is -2.57. The first-order chi connectivity index (χ1) is 12.7. The van der Waals surface area contributed by atoms with E-state index in [2.05, 4.69) is 16.3 Å². The molecule has 0 radical (unpaired) electrons. The first kappa shape index (κ1) is 18.9. The highest BCUT2D eigenvalue weighted by molar-refractivity contribution is 5.98. The quantitative estimate of drug-likeness (QED) is 0.833. The van der Waals surface area contributed by atoms with E-state index in [-0.39, 0.29) is 24.8 Å². The second kappa shape index (κ2) is 9.14. The molecule has 2 aliphatic rings. The number of carbonyl (C=O) groups excluding carboxylic acids is 2. The first-order valence-electron chi connectivity index (χ1n) is 9.70. The van der Waals surface area contributed by atoms with Crippen LogP contribution in [-0.2, 0) is 11.3 Å². The van der Waals surface area contributed by atoms with Gasteiger partial charge < -0.3 is 15.3 Å². The minimum absolute atomic E-state index is 0.114. The SMILES string of the molecule is O=C1NCCN(C(=O)c2cccc(CN3CCCCCC3)c2)[C@H]1CCO. The van der Waals surface area contributed by atoms with Crippen LogP contribution in [0.4, 0.5) is 0 Å². The molecule has 2 saturated heterocycles. The number of carbonyl (C=O) groups is 2. The van der Waals surface area contributed by atoms with Crippen LogP contribution in [0.2, 0.25) is 0 Å². The molecule has 1 aromatic carbocycles. The normalized spacial score (nSPS) is 22.0. The van der Waals surface area contributed by atoms with Gasteiger partial charge in [-0.3, -0.25) is 14.5 Å². The lowest BCUT2D eigenvalue weighted by Gasteiger charge is -2.35. The zero-order chi connectivity index (χ0) is 18.4. The number of nitrogens with one attached hydrogen (secondary N) is 1. The number of nitrogens with zero attached hydrogens (tertiary/aromatic N) is 2. The van der Waals surface area contributed by atoms with Crippen molar-refractivity contribution in [3.63, 3.8) is 0 Å². The summed E-state index contributed by atoms with van der Waals surface area (Å²) in [6.07, 6.45) is 5.36. The summed E-state index contributed by atoms with van der Waals surface area (Å²) in [5, 5.41) is 12.0. The Bertz CT molecular complexity index is 626. The maximum atomic E-state index is 13.0. The van der Waals surface area contributed by atoms with E-state index in [0.29, 0.717) is 18.7 Å². The summed E-state index contributed by atoms with van der Waals surface area (Å²) in [6, 6.07) is 7.17. The molecule has 3 rings (SSSR count). The van der Waals surface area contributed by atoms with E-state index in [4.69, 9.17) is 0 Å². The van der Waals surface area contributed by atoms with Gasteiger partial charge in [-0.2, -0.15) is 0 Å². The number of aliphatic hydroxyl groups excluding tert-OH is 1. The van der Waals surface area contributed by atoms with Crippen molar-refractivity contribution in [2.45, 2.75) is 44.7 Å². The molecule has 2 amide bonds. The molecular weight excluding hydrogens is 330 g/mol. The lowest BCUT2D eigenvalue weighted by atomic mass is 10.0. The largest absolute Gasteiger partial charge is 0.396 e. The van der Waals surface area contributed by atoms with Crippen molar-refractivity contribution in [1.82, 2.24) is 15.1 Å². The van der Waals surface area contributed by atoms with Crippen LogP contribution >= 0.6 is 0 Å². The second-order valence-electron chi connectivity index (χ2n) is 7.21. The van der Waals surface area contributed by atoms with E-state index in [1.54, 1.807) is 4.90 Å². The van der Waals surface area contributed by atoms with Gasteiger partial charge in [-0.05, 0) is 50.0 Å². The van der Waals surface area contributed by atoms with Crippen LogP contribution < -0.4 is 5.32 Å². The average Bonchev–Trinajstić information content (AvgIpc) is 2.92. The fraction of sp³-hybridized carbons (Fsp3) is 0.600. The highest BCUT2D eigenvalue weighted by atomic mass is 16.3. The summed E-state index contributed by atoms with van der Waals surface area (Å²) < 4.78 is 0. The number of benzene rings is 1. The van der Waals surface area contributed by atoms with Crippen LogP contribution in [0.1, 0.15) is 48.0 Å². The van der Waals surface area contributed by atoms with E-state index in [9.17, 15) is 14.7 Å². The van der Waals surface area contributed by atoms with Gasteiger partial charge in [0.2, 0.25) is 5.91 Å². The molecule has 26 heavy (non-hydrogen) atoms. The van der Waals surface area contributed by atoms with Gasteiger partial charge in [-0.15, -0.1) is 0 Å². The second-order valence-corrected chi connectivity index (χ2v) is 7.21. The monoisotopic (exact) mass is 359 g/mol. The van der Waals surface area contributed by atoms with Crippen LogP contribution in [0, 0.1) is 0 Å². The Labute approximate surface area is 155 Å². The molecule has 2 aliphatic heterocycles. The van der Waals surface area contributed by atoms with Crippen molar-refractivity contribution < 1.29 is 14.7 Å². The zero-order valence-corrected chi connectivity index (χ0v) is 15.3. The number of amides is 2. The van der Waals surface area contributed by atoms with Gasteiger partial charge in [0, 0.05) is 31.8 Å². The molecule has 2 N–H and O–H groups in total. The van der Waals surface area contributed by atoms with Crippen molar-refractivity contribution in [1.29, 1.82) is 0 Å². The Morgan fingerprint density at radius 2 is 1.92 bits per heavy atom. The molecule has 0 aromatic heterocycles. The van der Waals surface area contributed by atoms with Crippen LogP contribution in [-0.4, -0.2) is 65.5 Å². The first-order valence-corrected chi connectivity index (χ1v) is 9.70. The summed E-state index contributed by atoms with van der Waals surface area (Å²) in [5.41, 5.74) is 1.76. The van der Waals surface area contributed by atoms with E-state index in [1.807, 2.05) is 18.2 Å². The highest BCUT2D eigenvalue weighted by Gasteiger charge is 2.33. The zero-order valence-electron chi connectivity index (χ0n) is 15.3. The van der Waals surface area contributed by atoms with Crippen LogP contribution in [0.15, 0.2) is 24.3 Å². The number of aliphatic hydroxyl groups is 1. The van der Waals surface area contributed by atoms with E-state index in [1.165, 1.54) is 25.7 Å². The molecule has 0 spiro atoms. The Hall–Kier alpha value is -1.92. The standard InChI is InChI=1S/C20H29N3O3/c24-13-8-18-19(25)21-9-12-23(18)20(26)17-7-5-6-16(14-17)15-22-10-3-1-2-4-11-22/h5-7,14,18,24H,1-4,8-13,15H2,(H,21,25)/t18-/m0/s1. The summed E-state index contributed by atoms with van der Waals surface area (Å²) in [5.74, 6) is -0.310. The van der Waals surface area contributed by atoms with Gasteiger partial charge in [0.15, 0.2) is 0 Å². The fourth-order valence-electron chi connectivity index (χ4n) is 3.89. The Balaban J connectivity index is 1.71. The van der Waals surface area contributed by atoms with Crippen LogP contribution in [0.3, 0.4) is 0 Å². The van der Waals surface area contributed by atoms with E-state index >= 15 is 0 Å². The Kier molecular flexibility index (Phi) is 6.63. The van der Waals surface area contributed by atoms with Crippen LogP contribution in [0.5, 0.6) is 0 Å². The lowest BCUT2D eigenvalue weighted by molar-refractivity contribution is -0.128. The van der Waals surface area contributed by atoms with Gasteiger partial charge in [0.25, 0.3) is 5.91 Å². The van der Waals surface area contributed by atoms with Crippen molar-refractivity contribution in [2.24, 2.45) is 0 Å². The minimum atomic E-state index is -0.587. The third kappa shape index (κ3) is 4.62. The molecule has 0 bridgehead atoms. The highest BCUT2D eigenvalue weighted by Crippen LogP contribution is 2.17. The number of likely N-dealkylation sites (tertiary alicyclic amines) is 1. The van der Waals surface area contributed by atoms with Gasteiger partial charge in [0.05, 0.1) is 0 Å². The predicted molar refractivity (Wildman–Crippen MR) is 99.7 cm³/mol. The molecule has 6 nitrogen and oxygen atoms in total. The smallest absolute Gasteiger partial charge is 0.254 e. The molecule has 142 valence electrons. The maximum Gasteiger partial charge on any atom is 0.254 e. The molecule has 6 heteroatoms. The average molecular weight is 359 g/mol. The number of hydrogen-bond acceptors (Lipinski definition) is 4. The summed E-state index contributed by atoms with van der Waals surface area (Å²) in [7, 11) is 0. The summed E-state index contributed by atoms with van der Waals surface area (Å²) in [4.78, 5) is 29.1. The van der Waals surface area contributed by atoms with Crippen molar-refractivity contribution in [3.8, 4) is 0 Å². The maximum absolute atomic E-state index is 13.0. The molecule has 1 atom stereocenters. The van der Waals surface area contributed by atoms with Crippen molar-refractivity contribution in [2.75, 3.05) is 32.8 Å². The van der Waals surface area contributed by atoms with Gasteiger partial charge in [-0.1, -0.05) is 25.0 Å².